The van der Waals surface area contributed by atoms with E-state index in [0.29, 0.717) is 5.56 Å². The van der Waals surface area contributed by atoms with Gasteiger partial charge in [0.25, 0.3) is 5.78 Å². The molecular formula is C11H8ClNO3. The van der Waals surface area contributed by atoms with Crippen LogP contribution in [0.2, 0.25) is 5.02 Å². The average molecular weight is 238 g/mol. The molecule has 16 heavy (non-hydrogen) atoms. The lowest BCUT2D eigenvalue weighted by molar-refractivity contribution is -0.151. The first kappa shape index (κ1) is 12.2. The lowest BCUT2D eigenvalue weighted by Crippen LogP contribution is -2.22. The van der Waals surface area contributed by atoms with E-state index < -0.39 is 17.7 Å². The summed E-state index contributed by atoms with van der Waals surface area (Å²) in [4.78, 5) is 22.5. The first-order valence-electron chi connectivity index (χ1n) is 4.38. The molecule has 0 spiro atoms. The number of hydrogen-bond donors (Lipinski definition) is 0. The summed E-state index contributed by atoms with van der Waals surface area (Å²) in [5, 5.41) is 9.15. The van der Waals surface area contributed by atoms with Crippen molar-refractivity contribution in [1.82, 2.24) is 0 Å². The Labute approximate surface area is 97.4 Å². The number of carbonyl (C=O) groups excluding carboxylic acids is 2. The highest BCUT2D eigenvalue weighted by atomic mass is 35.5. The van der Waals surface area contributed by atoms with Crippen LogP contribution in [0.15, 0.2) is 24.3 Å². The van der Waals surface area contributed by atoms with Crippen LogP contribution >= 0.6 is 11.6 Å². The molecular weight excluding hydrogens is 230 g/mol. The molecule has 0 saturated carbocycles. The second kappa shape index (κ2) is 5.29. The van der Waals surface area contributed by atoms with Crippen LogP contribution in [-0.4, -0.2) is 18.9 Å². The van der Waals surface area contributed by atoms with E-state index in [4.69, 9.17) is 16.9 Å². The third-order valence-corrected chi connectivity index (χ3v) is 2.34. The van der Waals surface area contributed by atoms with Crippen LogP contribution in [0.4, 0.5) is 0 Å². The molecule has 0 saturated heterocycles. The molecule has 4 nitrogen and oxygen atoms in total. The Balaban J connectivity index is 3.10. The Morgan fingerprint density at radius 3 is 2.56 bits per heavy atom. The Morgan fingerprint density at radius 2 is 2.06 bits per heavy atom. The minimum absolute atomic E-state index is 0.270. The summed E-state index contributed by atoms with van der Waals surface area (Å²) < 4.78 is 4.27. The minimum atomic E-state index is -1.22. The normalized spacial score (nSPS) is 11.3. The van der Waals surface area contributed by atoms with E-state index >= 15 is 0 Å². The van der Waals surface area contributed by atoms with Gasteiger partial charge in [-0.25, -0.2) is 4.79 Å². The monoisotopic (exact) mass is 237 g/mol. The van der Waals surface area contributed by atoms with Crippen molar-refractivity contribution in [2.45, 2.75) is 5.92 Å². The molecule has 1 atom stereocenters. The summed E-state index contributed by atoms with van der Waals surface area (Å²) in [6.45, 7) is 0. The van der Waals surface area contributed by atoms with Gasteiger partial charge in [-0.3, -0.25) is 4.79 Å². The number of nitriles is 1. The van der Waals surface area contributed by atoms with Crippen molar-refractivity contribution >= 4 is 23.4 Å². The molecule has 0 aromatic heterocycles. The number of ether oxygens (including phenoxy) is 1. The molecule has 0 aliphatic carbocycles. The number of nitrogens with zero attached hydrogens (tertiary/aromatic N) is 1. The first-order chi connectivity index (χ1) is 7.61. The number of carbonyl (C=O) groups is 2. The fourth-order valence-electron chi connectivity index (χ4n) is 1.20. The van der Waals surface area contributed by atoms with Gasteiger partial charge in [0.1, 0.15) is 5.92 Å². The van der Waals surface area contributed by atoms with Crippen molar-refractivity contribution in [2.24, 2.45) is 0 Å². The second-order valence-corrected chi connectivity index (χ2v) is 3.35. The second-order valence-electron chi connectivity index (χ2n) is 2.94. The number of benzene rings is 1. The summed E-state index contributed by atoms with van der Waals surface area (Å²) >= 11 is 5.83. The topological polar surface area (TPSA) is 67.2 Å². The number of rotatable bonds is 3. The molecule has 0 N–H and O–H groups in total. The molecule has 1 aromatic carbocycles. The molecule has 5 heteroatoms. The predicted molar refractivity (Wildman–Crippen MR) is 56.8 cm³/mol. The predicted octanol–water partition coefficient (Wildman–Crippen LogP) is 1.69. The molecule has 0 fully saturated rings. The number of hydrogen-bond acceptors (Lipinski definition) is 4. The molecule has 0 bridgehead atoms. The fourth-order valence-corrected chi connectivity index (χ4v) is 1.44. The average Bonchev–Trinajstić information content (AvgIpc) is 2.31. The molecule has 0 aliphatic rings. The van der Waals surface area contributed by atoms with E-state index in [0.717, 1.165) is 7.11 Å². The highest BCUT2D eigenvalue weighted by Crippen LogP contribution is 2.24. The smallest absolute Gasteiger partial charge is 0.376 e. The van der Waals surface area contributed by atoms with Crippen LogP contribution in [-0.2, 0) is 14.3 Å². The van der Waals surface area contributed by atoms with E-state index in [1.807, 2.05) is 0 Å². The van der Waals surface area contributed by atoms with Crippen LogP contribution in [0.25, 0.3) is 0 Å². The van der Waals surface area contributed by atoms with Gasteiger partial charge in [0.2, 0.25) is 0 Å². The van der Waals surface area contributed by atoms with Crippen LogP contribution in [0.3, 0.4) is 0 Å². The van der Waals surface area contributed by atoms with E-state index in [1.165, 1.54) is 6.07 Å². The molecule has 1 rings (SSSR count). The summed E-state index contributed by atoms with van der Waals surface area (Å²) in [6.07, 6.45) is 0. The standard InChI is InChI=1S/C11H8ClNO3/c1-16-11(15)10(14)8(6-13)7-4-2-3-5-9(7)12/h2-5,8H,1H3/t8-/m1/s1. The molecule has 0 heterocycles. The van der Waals surface area contributed by atoms with Gasteiger partial charge in [-0.1, -0.05) is 29.8 Å². The Bertz CT molecular complexity index is 465. The van der Waals surface area contributed by atoms with Gasteiger partial charge in [0.15, 0.2) is 0 Å². The van der Waals surface area contributed by atoms with Crippen molar-refractivity contribution in [3.8, 4) is 6.07 Å². The number of esters is 1. The summed E-state index contributed by atoms with van der Waals surface area (Å²) in [5.41, 5.74) is 0.307. The molecule has 82 valence electrons. The van der Waals surface area contributed by atoms with Gasteiger partial charge in [0, 0.05) is 5.02 Å². The van der Waals surface area contributed by atoms with Gasteiger partial charge in [0.05, 0.1) is 13.2 Å². The summed E-state index contributed by atoms with van der Waals surface area (Å²) in [5.74, 6) is -3.19. The van der Waals surface area contributed by atoms with Gasteiger partial charge in [-0.2, -0.15) is 5.26 Å². The maximum absolute atomic E-state index is 11.5. The van der Waals surface area contributed by atoms with Crippen LogP contribution in [0.5, 0.6) is 0 Å². The maximum atomic E-state index is 11.5. The quantitative estimate of drug-likeness (QED) is 0.593. The number of ketones is 1. The Hall–Kier alpha value is -1.86. The van der Waals surface area contributed by atoms with Gasteiger partial charge in [-0.15, -0.1) is 0 Å². The third kappa shape index (κ3) is 2.38. The van der Waals surface area contributed by atoms with Crippen molar-refractivity contribution in [2.75, 3.05) is 7.11 Å². The van der Waals surface area contributed by atoms with E-state index in [1.54, 1.807) is 24.3 Å². The fraction of sp³-hybridized carbons (Fsp3) is 0.182. The minimum Gasteiger partial charge on any atom is -0.463 e. The highest BCUT2D eigenvalue weighted by molar-refractivity contribution is 6.38. The van der Waals surface area contributed by atoms with Crippen molar-refractivity contribution in [1.29, 1.82) is 5.26 Å². The van der Waals surface area contributed by atoms with Gasteiger partial charge in [-0.05, 0) is 11.6 Å². The van der Waals surface area contributed by atoms with E-state index in [2.05, 4.69) is 4.74 Å². The summed E-state index contributed by atoms with van der Waals surface area (Å²) in [6, 6.07) is 8.12. The van der Waals surface area contributed by atoms with Crippen molar-refractivity contribution < 1.29 is 14.3 Å². The zero-order valence-electron chi connectivity index (χ0n) is 8.44. The Kier molecular flexibility index (Phi) is 4.03. The van der Waals surface area contributed by atoms with Crippen molar-refractivity contribution in [3.05, 3.63) is 34.9 Å². The highest BCUT2D eigenvalue weighted by Gasteiger charge is 2.28. The molecule has 0 amide bonds. The molecule has 0 aliphatic heterocycles. The van der Waals surface area contributed by atoms with Gasteiger partial charge >= 0.3 is 5.97 Å². The van der Waals surface area contributed by atoms with Crippen LogP contribution < -0.4 is 0 Å². The van der Waals surface area contributed by atoms with Crippen LogP contribution in [0.1, 0.15) is 11.5 Å². The Morgan fingerprint density at radius 1 is 1.44 bits per heavy atom. The molecule has 0 radical (unpaired) electrons. The third-order valence-electron chi connectivity index (χ3n) is 1.99. The zero-order chi connectivity index (χ0) is 12.1. The summed E-state index contributed by atoms with van der Waals surface area (Å²) in [7, 11) is 1.08. The zero-order valence-corrected chi connectivity index (χ0v) is 9.19. The first-order valence-corrected chi connectivity index (χ1v) is 4.75. The van der Waals surface area contributed by atoms with E-state index in [9.17, 15) is 9.59 Å². The number of halogens is 1. The largest absolute Gasteiger partial charge is 0.463 e. The number of Topliss-reactive ketones (excluding diaryl/α,β-unsaturated/α-hetero) is 1. The number of methoxy groups -OCH3 is 1. The molecule has 1 aromatic rings. The lowest BCUT2D eigenvalue weighted by Gasteiger charge is -2.08. The van der Waals surface area contributed by atoms with E-state index in [-0.39, 0.29) is 5.02 Å². The maximum Gasteiger partial charge on any atom is 0.376 e. The van der Waals surface area contributed by atoms with Crippen LogP contribution in [0, 0.1) is 11.3 Å². The van der Waals surface area contributed by atoms with Crippen molar-refractivity contribution in [3.63, 3.8) is 0 Å². The van der Waals surface area contributed by atoms with Gasteiger partial charge < -0.3 is 4.74 Å². The lowest BCUT2D eigenvalue weighted by atomic mass is 9.96. The molecule has 0 unspecified atom stereocenters. The SMILES string of the molecule is COC(=O)C(=O)[C@H](C#N)c1ccccc1Cl.